The third kappa shape index (κ3) is 4.02. The van der Waals surface area contributed by atoms with Gasteiger partial charge in [-0.05, 0) is 11.5 Å². The van der Waals surface area contributed by atoms with Gasteiger partial charge in [-0.2, -0.15) is 5.10 Å². The molecule has 1 aromatic carbocycles. The van der Waals surface area contributed by atoms with Crippen LogP contribution in [0.15, 0.2) is 48.8 Å². The van der Waals surface area contributed by atoms with E-state index in [0.29, 0.717) is 24.5 Å². The van der Waals surface area contributed by atoms with Crippen LogP contribution in [-0.4, -0.2) is 28.3 Å². The predicted molar refractivity (Wildman–Crippen MR) is 96.1 cm³/mol. The first-order valence-corrected chi connectivity index (χ1v) is 8.60. The first kappa shape index (κ1) is 17.9. The Kier molecular flexibility index (Phi) is 5.21. The number of hydrogen-bond donors (Lipinski definition) is 0. The van der Waals surface area contributed by atoms with E-state index < -0.39 is 0 Å². The van der Waals surface area contributed by atoms with Gasteiger partial charge < -0.3 is 9.47 Å². The van der Waals surface area contributed by atoms with Crippen LogP contribution >= 0.6 is 0 Å². The summed E-state index contributed by atoms with van der Waals surface area (Å²) < 4.78 is 12.1. The molecular formula is C20H22N2O4. The van der Waals surface area contributed by atoms with Gasteiger partial charge in [-0.15, -0.1) is 0 Å². The summed E-state index contributed by atoms with van der Waals surface area (Å²) in [6.45, 7) is 8.17. The highest BCUT2D eigenvalue weighted by molar-refractivity contribution is 5.90. The molecule has 2 heterocycles. The third-order valence-electron chi connectivity index (χ3n) is 4.09. The van der Waals surface area contributed by atoms with Crippen LogP contribution in [0.25, 0.3) is 11.1 Å². The lowest BCUT2D eigenvalue weighted by atomic mass is 9.96. The molecule has 0 amide bonds. The summed E-state index contributed by atoms with van der Waals surface area (Å²) in [7, 11) is 0. The van der Waals surface area contributed by atoms with Crippen molar-refractivity contribution in [2.75, 3.05) is 6.61 Å². The van der Waals surface area contributed by atoms with Gasteiger partial charge in [0.25, 0.3) is 0 Å². The van der Waals surface area contributed by atoms with Crippen LogP contribution < -0.4 is 0 Å². The second-order valence-electron chi connectivity index (χ2n) is 6.79. The lowest BCUT2D eigenvalue weighted by Crippen LogP contribution is -2.16. The molecule has 0 bridgehead atoms. The van der Waals surface area contributed by atoms with E-state index in [9.17, 15) is 9.59 Å². The number of ether oxygens (including phenoxy) is 2. The van der Waals surface area contributed by atoms with E-state index in [0.717, 1.165) is 16.7 Å². The highest BCUT2D eigenvalue weighted by Gasteiger charge is 2.30. The molecule has 1 aromatic heterocycles. The van der Waals surface area contributed by atoms with Crippen molar-refractivity contribution in [2.45, 2.75) is 32.9 Å². The molecule has 1 atom stereocenters. The lowest BCUT2D eigenvalue weighted by Gasteiger charge is -2.13. The molecule has 6 heteroatoms. The van der Waals surface area contributed by atoms with Crippen LogP contribution in [0, 0.1) is 5.92 Å². The Labute approximate surface area is 152 Å². The molecule has 0 aliphatic carbocycles. The van der Waals surface area contributed by atoms with Gasteiger partial charge in [0.15, 0.2) is 0 Å². The smallest absolute Gasteiger partial charge is 0.334 e. The quantitative estimate of drug-likeness (QED) is 0.588. The zero-order chi connectivity index (χ0) is 18.7. The van der Waals surface area contributed by atoms with Crippen molar-refractivity contribution in [3.63, 3.8) is 0 Å². The molecular weight excluding hydrogens is 332 g/mol. The number of carbonyl (C=O) groups excluding carboxylic acids is 2. The molecule has 1 unspecified atom stereocenters. The maximum atomic E-state index is 11.9. The lowest BCUT2D eigenvalue weighted by molar-refractivity contribution is -0.145. The van der Waals surface area contributed by atoms with Crippen molar-refractivity contribution >= 4 is 11.9 Å². The van der Waals surface area contributed by atoms with E-state index in [4.69, 9.17) is 9.47 Å². The van der Waals surface area contributed by atoms with Gasteiger partial charge in [0.05, 0.1) is 12.8 Å². The summed E-state index contributed by atoms with van der Waals surface area (Å²) in [5.41, 5.74) is 3.16. The van der Waals surface area contributed by atoms with Crippen LogP contribution in [0.4, 0.5) is 0 Å². The van der Waals surface area contributed by atoms with Gasteiger partial charge >= 0.3 is 11.9 Å². The molecule has 0 radical (unpaired) electrons. The normalized spacial score (nSPS) is 16.8. The number of hydrogen-bond acceptors (Lipinski definition) is 5. The van der Waals surface area contributed by atoms with Gasteiger partial charge in [0.2, 0.25) is 0 Å². The number of cyclic esters (lactones) is 1. The molecule has 136 valence electrons. The topological polar surface area (TPSA) is 70.4 Å². The van der Waals surface area contributed by atoms with Gasteiger partial charge in [-0.3, -0.25) is 9.48 Å². The van der Waals surface area contributed by atoms with E-state index in [1.54, 1.807) is 17.1 Å². The first-order valence-electron chi connectivity index (χ1n) is 8.60. The fraction of sp³-hybridized carbons (Fsp3) is 0.350. The maximum absolute atomic E-state index is 11.9. The Morgan fingerprint density at radius 1 is 1.42 bits per heavy atom. The summed E-state index contributed by atoms with van der Waals surface area (Å²) in [5, 5.41) is 4.25. The molecule has 1 saturated heterocycles. The molecule has 0 spiro atoms. The minimum atomic E-state index is -0.353. The molecule has 1 aliphatic rings. The molecule has 0 saturated carbocycles. The number of nitrogens with zero attached hydrogens (tertiary/aromatic N) is 2. The molecule has 1 aliphatic heterocycles. The Bertz CT molecular complexity index is 822. The molecule has 1 fully saturated rings. The number of rotatable bonds is 6. The minimum absolute atomic E-state index is 0.0596. The van der Waals surface area contributed by atoms with Crippen molar-refractivity contribution in [1.82, 2.24) is 9.78 Å². The highest BCUT2D eigenvalue weighted by Crippen LogP contribution is 2.37. The molecule has 2 aromatic rings. The standard InChI is InChI=1S/C20H22N2O4/c1-13(2)12-25-19(23)11-22-10-15(9-21-22)16-6-4-5-7-17(16)18-8-14(3)20(24)26-18/h4-7,9-10,13,18H,3,8,11-12H2,1-2H3. The SMILES string of the molecule is C=C1CC(c2ccccc2-c2cnn(CC(=O)OCC(C)C)c2)OC1=O. The van der Waals surface area contributed by atoms with Crippen LogP contribution in [0.5, 0.6) is 0 Å². The Morgan fingerprint density at radius 2 is 2.19 bits per heavy atom. The van der Waals surface area contributed by atoms with E-state index >= 15 is 0 Å². The largest absolute Gasteiger partial charge is 0.464 e. The zero-order valence-electron chi connectivity index (χ0n) is 15.0. The van der Waals surface area contributed by atoms with Gasteiger partial charge in [0.1, 0.15) is 12.6 Å². The fourth-order valence-corrected chi connectivity index (χ4v) is 2.80. The Balaban J connectivity index is 1.77. The summed E-state index contributed by atoms with van der Waals surface area (Å²) in [5.74, 6) is -0.376. The summed E-state index contributed by atoms with van der Waals surface area (Å²) >= 11 is 0. The maximum Gasteiger partial charge on any atom is 0.334 e. The van der Waals surface area contributed by atoms with Crippen LogP contribution in [0.3, 0.4) is 0 Å². The van der Waals surface area contributed by atoms with Crippen LogP contribution in [0.1, 0.15) is 31.9 Å². The monoisotopic (exact) mass is 354 g/mol. The van der Waals surface area contributed by atoms with Gasteiger partial charge in [-0.1, -0.05) is 44.7 Å². The Morgan fingerprint density at radius 3 is 2.88 bits per heavy atom. The van der Waals surface area contributed by atoms with Crippen molar-refractivity contribution in [3.8, 4) is 11.1 Å². The van der Waals surface area contributed by atoms with E-state index in [1.165, 1.54) is 0 Å². The van der Waals surface area contributed by atoms with E-state index in [-0.39, 0.29) is 24.6 Å². The Hall–Kier alpha value is -2.89. The number of carbonyl (C=O) groups is 2. The van der Waals surface area contributed by atoms with E-state index in [1.807, 2.05) is 38.1 Å². The van der Waals surface area contributed by atoms with Crippen LogP contribution in [0.2, 0.25) is 0 Å². The second kappa shape index (κ2) is 7.56. The predicted octanol–water partition coefficient (Wildman–Crippen LogP) is 3.29. The van der Waals surface area contributed by atoms with Crippen molar-refractivity contribution in [2.24, 2.45) is 5.92 Å². The number of esters is 2. The highest BCUT2D eigenvalue weighted by atomic mass is 16.6. The molecule has 0 N–H and O–H groups in total. The number of benzene rings is 1. The minimum Gasteiger partial charge on any atom is -0.464 e. The fourth-order valence-electron chi connectivity index (χ4n) is 2.80. The second-order valence-corrected chi connectivity index (χ2v) is 6.79. The van der Waals surface area contributed by atoms with Crippen molar-refractivity contribution in [3.05, 3.63) is 54.4 Å². The summed E-state index contributed by atoms with van der Waals surface area (Å²) in [4.78, 5) is 23.5. The summed E-state index contributed by atoms with van der Waals surface area (Å²) in [6.07, 6.45) is 3.62. The van der Waals surface area contributed by atoms with Crippen molar-refractivity contribution < 1.29 is 19.1 Å². The average molecular weight is 354 g/mol. The van der Waals surface area contributed by atoms with Crippen molar-refractivity contribution in [1.29, 1.82) is 0 Å². The molecule has 6 nitrogen and oxygen atoms in total. The zero-order valence-corrected chi connectivity index (χ0v) is 15.0. The first-order chi connectivity index (χ1) is 12.4. The van der Waals surface area contributed by atoms with Gasteiger partial charge in [0, 0.05) is 29.3 Å². The van der Waals surface area contributed by atoms with E-state index in [2.05, 4.69) is 11.7 Å². The summed E-state index contributed by atoms with van der Waals surface area (Å²) in [6, 6.07) is 7.70. The third-order valence-corrected chi connectivity index (χ3v) is 4.09. The average Bonchev–Trinajstić information content (AvgIpc) is 3.20. The number of aromatic nitrogens is 2. The van der Waals surface area contributed by atoms with Gasteiger partial charge in [-0.25, -0.2) is 4.79 Å². The molecule has 3 rings (SSSR count). The van der Waals surface area contributed by atoms with Crippen LogP contribution in [-0.2, 0) is 25.6 Å². The molecule has 26 heavy (non-hydrogen) atoms.